The van der Waals surface area contributed by atoms with Crippen molar-refractivity contribution in [2.75, 3.05) is 13.1 Å². The Kier molecular flexibility index (Phi) is 7.22. The molecule has 3 aliphatic rings. The lowest BCUT2D eigenvalue weighted by molar-refractivity contribution is -0.125. The van der Waals surface area contributed by atoms with E-state index in [0.29, 0.717) is 30.2 Å². The quantitative estimate of drug-likeness (QED) is 0.429. The van der Waals surface area contributed by atoms with Crippen LogP contribution in [0.3, 0.4) is 0 Å². The number of amides is 3. The van der Waals surface area contributed by atoms with Gasteiger partial charge in [-0.1, -0.05) is 67.2 Å². The van der Waals surface area contributed by atoms with Crippen LogP contribution in [0.2, 0.25) is 0 Å². The predicted molar refractivity (Wildman–Crippen MR) is 152 cm³/mol. The zero-order valence-electron chi connectivity index (χ0n) is 22.5. The number of imide groups is 1. The fourth-order valence-corrected chi connectivity index (χ4v) is 5.99. The van der Waals surface area contributed by atoms with Crippen LogP contribution in [0, 0.1) is 0 Å². The van der Waals surface area contributed by atoms with Crippen molar-refractivity contribution in [2.45, 2.75) is 50.8 Å². The number of nitrogens with one attached hydrogen (secondary N) is 1. The van der Waals surface area contributed by atoms with Crippen molar-refractivity contribution in [2.24, 2.45) is 0 Å². The maximum Gasteiger partial charge on any atom is 0.266 e. The lowest BCUT2D eigenvalue weighted by atomic mass is 9.89. The molecule has 204 valence electrons. The van der Waals surface area contributed by atoms with Crippen molar-refractivity contribution in [3.05, 3.63) is 113 Å². The van der Waals surface area contributed by atoms with Crippen LogP contribution in [-0.4, -0.2) is 46.7 Å². The number of carbonyl (C=O) groups is 3. The monoisotopic (exact) mass is 535 g/mol. The number of ether oxygens (including phenoxy) is 1. The van der Waals surface area contributed by atoms with Crippen molar-refractivity contribution in [1.82, 2.24) is 15.1 Å². The third kappa shape index (κ3) is 5.17. The van der Waals surface area contributed by atoms with Crippen LogP contribution in [0.5, 0.6) is 5.75 Å². The van der Waals surface area contributed by atoms with E-state index in [1.807, 2.05) is 12.1 Å². The first-order chi connectivity index (χ1) is 19.5. The van der Waals surface area contributed by atoms with E-state index in [-0.39, 0.29) is 23.6 Å². The number of nitrogens with zero attached hydrogens (tertiary/aromatic N) is 2. The van der Waals surface area contributed by atoms with Gasteiger partial charge in [-0.15, -0.1) is 0 Å². The Labute approximate surface area is 234 Å². The summed E-state index contributed by atoms with van der Waals surface area (Å²) in [5.41, 5.74) is 4.77. The molecule has 1 atom stereocenters. The summed E-state index contributed by atoms with van der Waals surface area (Å²) in [5.74, 6) is -0.339. The zero-order valence-corrected chi connectivity index (χ0v) is 22.5. The van der Waals surface area contributed by atoms with Gasteiger partial charge >= 0.3 is 0 Å². The normalized spacial score (nSPS) is 20.0. The number of hydrogen-bond acceptors (Lipinski definition) is 5. The van der Waals surface area contributed by atoms with Gasteiger partial charge in [0.2, 0.25) is 5.91 Å². The molecular weight excluding hydrogens is 502 g/mol. The SMILES string of the molecule is C=C1CCC(N2C(=O)c3cccc(OCc4ccc(CN5CCC(c6ccccc6)CC5)cc4)c3C2=O)C(=O)N1. The summed E-state index contributed by atoms with van der Waals surface area (Å²) in [6.45, 7) is 7.14. The van der Waals surface area contributed by atoms with E-state index < -0.39 is 17.9 Å². The Bertz CT molecular complexity index is 1440. The first kappa shape index (κ1) is 26.0. The van der Waals surface area contributed by atoms with Crippen molar-refractivity contribution in [3.8, 4) is 5.75 Å². The lowest BCUT2D eigenvalue weighted by Crippen LogP contribution is -2.51. The molecule has 1 N–H and O–H groups in total. The van der Waals surface area contributed by atoms with Gasteiger partial charge in [0.05, 0.1) is 11.1 Å². The summed E-state index contributed by atoms with van der Waals surface area (Å²) in [5, 5.41) is 2.66. The van der Waals surface area contributed by atoms with Crippen molar-refractivity contribution < 1.29 is 19.1 Å². The van der Waals surface area contributed by atoms with E-state index in [2.05, 4.69) is 59.3 Å². The number of rotatable bonds is 7. The molecule has 3 aliphatic heterocycles. The van der Waals surface area contributed by atoms with Gasteiger partial charge in [-0.2, -0.15) is 0 Å². The third-order valence-corrected chi connectivity index (χ3v) is 8.22. The van der Waals surface area contributed by atoms with Gasteiger partial charge in [0, 0.05) is 12.2 Å². The molecule has 7 nitrogen and oxygen atoms in total. The summed E-state index contributed by atoms with van der Waals surface area (Å²) in [6, 6.07) is 23.3. The van der Waals surface area contributed by atoms with Crippen LogP contribution in [0.25, 0.3) is 0 Å². The molecule has 0 aromatic heterocycles. The number of fused-ring (bicyclic) bond motifs is 1. The largest absolute Gasteiger partial charge is 0.488 e. The Hall–Kier alpha value is -4.23. The standard InChI is InChI=1S/C33H33N3O4/c1-22-10-15-28(31(37)34-22)36-32(38)27-8-5-9-29(30(27)33(36)39)40-21-24-13-11-23(12-14-24)20-35-18-16-26(17-19-35)25-6-3-2-4-7-25/h2-9,11-14,26,28H,1,10,15-21H2,(H,34,37). The summed E-state index contributed by atoms with van der Waals surface area (Å²) in [6.07, 6.45) is 3.24. The van der Waals surface area contributed by atoms with Crippen LogP contribution in [-0.2, 0) is 17.9 Å². The molecule has 0 aliphatic carbocycles. The molecule has 2 saturated heterocycles. The van der Waals surface area contributed by atoms with Crippen molar-refractivity contribution >= 4 is 17.7 Å². The molecule has 0 saturated carbocycles. The first-order valence-electron chi connectivity index (χ1n) is 14.0. The maximum absolute atomic E-state index is 13.3. The van der Waals surface area contributed by atoms with Gasteiger partial charge in [-0.25, -0.2) is 0 Å². The number of piperidine rings is 2. The minimum atomic E-state index is -0.845. The van der Waals surface area contributed by atoms with E-state index in [1.54, 1.807) is 18.2 Å². The molecule has 7 heteroatoms. The Morgan fingerprint density at radius 1 is 0.825 bits per heavy atom. The second-order valence-electron chi connectivity index (χ2n) is 10.9. The Morgan fingerprint density at radius 2 is 1.55 bits per heavy atom. The van der Waals surface area contributed by atoms with Crippen LogP contribution in [0.4, 0.5) is 0 Å². The third-order valence-electron chi connectivity index (χ3n) is 8.22. The second-order valence-corrected chi connectivity index (χ2v) is 10.9. The van der Waals surface area contributed by atoms with Gasteiger partial charge in [-0.05, 0) is 73.5 Å². The number of hydrogen-bond donors (Lipinski definition) is 1. The lowest BCUT2D eigenvalue weighted by Gasteiger charge is -2.32. The summed E-state index contributed by atoms with van der Waals surface area (Å²) in [7, 11) is 0. The van der Waals surface area contributed by atoms with Gasteiger partial charge in [0.1, 0.15) is 18.4 Å². The number of carbonyl (C=O) groups excluding carboxylic acids is 3. The fourth-order valence-electron chi connectivity index (χ4n) is 5.99. The zero-order chi connectivity index (χ0) is 27.6. The fraction of sp³-hybridized carbons (Fsp3) is 0.303. The minimum absolute atomic E-state index is 0.222. The van der Waals surface area contributed by atoms with Gasteiger partial charge in [0.15, 0.2) is 0 Å². The predicted octanol–water partition coefficient (Wildman–Crippen LogP) is 5.03. The number of allylic oxidation sites excluding steroid dienone is 1. The van der Waals surface area contributed by atoms with Crippen LogP contribution in [0.1, 0.15) is 69.0 Å². The van der Waals surface area contributed by atoms with E-state index in [4.69, 9.17) is 4.74 Å². The highest BCUT2D eigenvalue weighted by atomic mass is 16.5. The maximum atomic E-state index is 13.3. The molecule has 0 bridgehead atoms. The summed E-state index contributed by atoms with van der Waals surface area (Å²) < 4.78 is 6.05. The molecular formula is C33H33N3O4. The molecule has 0 spiro atoms. The Morgan fingerprint density at radius 3 is 2.27 bits per heavy atom. The molecule has 6 rings (SSSR count). The topological polar surface area (TPSA) is 79.0 Å². The van der Waals surface area contributed by atoms with Gasteiger partial charge in [-0.3, -0.25) is 24.2 Å². The van der Waals surface area contributed by atoms with Crippen LogP contribution >= 0.6 is 0 Å². The molecule has 3 heterocycles. The molecule has 3 aromatic carbocycles. The summed E-state index contributed by atoms with van der Waals surface area (Å²) >= 11 is 0. The second kappa shape index (κ2) is 11.1. The number of likely N-dealkylation sites (tertiary alicyclic amines) is 1. The first-order valence-corrected chi connectivity index (χ1v) is 14.0. The van der Waals surface area contributed by atoms with E-state index in [9.17, 15) is 14.4 Å². The smallest absolute Gasteiger partial charge is 0.266 e. The van der Waals surface area contributed by atoms with Crippen LogP contribution < -0.4 is 10.1 Å². The van der Waals surface area contributed by atoms with Crippen molar-refractivity contribution in [1.29, 1.82) is 0 Å². The van der Waals surface area contributed by atoms with E-state index >= 15 is 0 Å². The van der Waals surface area contributed by atoms with E-state index in [1.165, 1.54) is 24.0 Å². The summed E-state index contributed by atoms with van der Waals surface area (Å²) in [4.78, 5) is 42.5. The highest BCUT2D eigenvalue weighted by Crippen LogP contribution is 2.34. The van der Waals surface area contributed by atoms with Gasteiger partial charge < -0.3 is 10.1 Å². The molecule has 2 fully saturated rings. The average molecular weight is 536 g/mol. The molecule has 3 amide bonds. The Balaban J connectivity index is 1.06. The minimum Gasteiger partial charge on any atom is -0.488 e. The molecule has 40 heavy (non-hydrogen) atoms. The highest BCUT2D eigenvalue weighted by molar-refractivity contribution is 6.24. The number of benzene rings is 3. The van der Waals surface area contributed by atoms with Gasteiger partial charge in [0.25, 0.3) is 11.8 Å². The molecule has 1 unspecified atom stereocenters. The molecule has 0 radical (unpaired) electrons. The molecule has 3 aromatic rings. The van der Waals surface area contributed by atoms with Crippen LogP contribution in [0.15, 0.2) is 85.1 Å². The van der Waals surface area contributed by atoms with E-state index in [0.717, 1.165) is 30.1 Å². The average Bonchev–Trinajstić information content (AvgIpc) is 3.23. The van der Waals surface area contributed by atoms with Crippen molar-refractivity contribution in [3.63, 3.8) is 0 Å². The highest BCUT2D eigenvalue weighted by Gasteiger charge is 2.45.